The molecule has 4 nitrogen and oxygen atoms in total. The van der Waals surface area contributed by atoms with Gasteiger partial charge in [-0.1, -0.05) is 36.4 Å². The van der Waals surface area contributed by atoms with E-state index in [0.717, 1.165) is 21.0 Å². The van der Waals surface area contributed by atoms with Gasteiger partial charge in [-0.2, -0.15) is 0 Å². The lowest BCUT2D eigenvalue weighted by Gasteiger charge is -2.19. The van der Waals surface area contributed by atoms with Crippen molar-refractivity contribution >= 4 is 15.9 Å². The predicted molar refractivity (Wildman–Crippen MR) is 93.4 cm³/mol. The van der Waals surface area contributed by atoms with E-state index in [1.54, 1.807) is 13.0 Å². The van der Waals surface area contributed by atoms with E-state index >= 15 is 0 Å². The van der Waals surface area contributed by atoms with E-state index in [0.29, 0.717) is 5.56 Å². The second-order valence-electron chi connectivity index (χ2n) is 6.44. The Morgan fingerprint density at radius 3 is 2.25 bits per heavy atom. The number of carbonyl (C=O) groups is 1. The van der Waals surface area contributed by atoms with Crippen LogP contribution in [0.5, 0.6) is 0 Å². The molecule has 3 rings (SSSR count). The molecule has 1 atom stereocenters. The lowest BCUT2D eigenvalue weighted by Crippen LogP contribution is -2.33. The van der Waals surface area contributed by atoms with E-state index < -0.39 is 10.0 Å². The fourth-order valence-electron chi connectivity index (χ4n) is 3.19. The van der Waals surface area contributed by atoms with Crippen molar-refractivity contribution in [1.82, 2.24) is 4.31 Å². The van der Waals surface area contributed by atoms with Crippen LogP contribution in [0.15, 0.2) is 47.4 Å². The molecule has 2 aromatic carbocycles. The Kier molecular flexibility index (Phi) is 4.22. The van der Waals surface area contributed by atoms with Crippen molar-refractivity contribution in [2.75, 3.05) is 6.54 Å². The van der Waals surface area contributed by atoms with Gasteiger partial charge in [0.25, 0.3) is 10.0 Å². The molecule has 1 fully saturated rings. The maximum absolute atomic E-state index is 13.0. The lowest BCUT2D eigenvalue weighted by molar-refractivity contribution is -0.123. The highest BCUT2D eigenvalue weighted by atomic mass is 32.2. The van der Waals surface area contributed by atoms with E-state index in [4.69, 9.17) is 0 Å². The molecule has 1 aliphatic heterocycles. The molecule has 1 unspecified atom stereocenters. The molecule has 0 N–H and O–H groups in total. The highest BCUT2D eigenvalue weighted by Gasteiger charge is 2.39. The maximum atomic E-state index is 13.0. The predicted octanol–water partition coefficient (Wildman–Crippen LogP) is 3.32. The first-order chi connectivity index (χ1) is 11.3. The van der Waals surface area contributed by atoms with E-state index in [9.17, 15) is 13.2 Å². The van der Waals surface area contributed by atoms with Crippen LogP contribution in [0.4, 0.5) is 0 Å². The number of sulfonamides is 1. The Balaban J connectivity index is 1.96. The zero-order valence-electron chi connectivity index (χ0n) is 14.1. The number of hydrogen-bond donors (Lipinski definition) is 0. The maximum Gasteiger partial charge on any atom is 0.266 e. The third-order valence-electron chi connectivity index (χ3n) is 4.72. The molecule has 0 saturated carbocycles. The minimum atomic E-state index is -3.81. The fourth-order valence-corrected chi connectivity index (χ4v) is 4.94. The molecule has 0 aliphatic carbocycles. The third-order valence-corrected chi connectivity index (χ3v) is 6.64. The van der Waals surface area contributed by atoms with Crippen molar-refractivity contribution in [3.05, 3.63) is 64.7 Å². The summed E-state index contributed by atoms with van der Waals surface area (Å²) in [6.45, 7) is 5.81. The first kappa shape index (κ1) is 16.7. The summed E-state index contributed by atoms with van der Waals surface area (Å²) < 4.78 is 27.1. The first-order valence-electron chi connectivity index (χ1n) is 7.99. The highest BCUT2D eigenvalue weighted by molar-refractivity contribution is 7.89. The molecular weight excluding hydrogens is 322 g/mol. The highest BCUT2D eigenvalue weighted by Crippen LogP contribution is 2.33. The van der Waals surface area contributed by atoms with E-state index in [1.807, 2.05) is 50.2 Å². The van der Waals surface area contributed by atoms with Crippen LogP contribution < -0.4 is 0 Å². The van der Waals surface area contributed by atoms with Crippen LogP contribution in [0.1, 0.15) is 34.6 Å². The zero-order valence-corrected chi connectivity index (χ0v) is 14.9. The van der Waals surface area contributed by atoms with Gasteiger partial charge in [0.05, 0.1) is 4.90 Å². The normalized spacial score (nSPS) is 18.2. The molecular formula is C19H21NO3S. The number of benzene rings is 2. The summed E-state index contributed by atoms with van der Waals surface area (Å²) in [6, 6.07) is 13.1. The molecule has 0 bridgehead atoms. The molecule has 1 saturated heterocycles. The van der Waals surface area contributed by atoms with Crippen molar-refractivity contribution in [3.8, 4) is 0 Å². The summed E-state index contributed by atoms with van der Waals surface area (Å²) >= 11 is 0. The van der Waals surface area contributed by atoms with Gasteiger partial charge in [0, 0.05) is 18.9 Å². The summed E-state index contributed by atoms with van der Waals surface area (Å²) in [5, 5.41) is 0. The SMILES string of the molecule is Cc1cc(C)c(S(=O)(=O)N2CC(c3ccccc3)CC2=O)cc1C. The molecule has 5 heteroatoms. The summed E-state index contributed by atoms with van der Waals surface area (Å²) in [4.78, 5) is 12.6. The van der Waals surface area contributed by atoms with Crippen molar-refractivity contribution in [3.63, 3.8) is 0 Å². The Morgan fingerprint density at radius 1 is 0.958 bits per heavy atom. The number of aryl methyl sites for hydroxylation is 3. The molecule has 1 heterocycles. The van der Waals surface area contributed by atoms with Gasteiger partial charge >= 0.3 is 0 Å². The minimum absolute atomic E-state index is 0.0830. The third kappa shape index (κ3) is 2.84. The van der Waals surface area contributed by atoms with Crippen LogP contribution in [0.3, 0.4) is 0 Å². The van der Waals surface area contributed by atoms with Crippen LogP contribution in [0, 0.1) is 20.8 Å². The minimum Gasteiger partial charge on any atom is -0.274 e. The van der Waals surface area contributed by atoms with Crippen LogP contribution in [0.25, 0.3) is 0 Å². The monoisotopic (exact) mass is 343 g/mol. The van der Waals surface area contributed by atoms with Gasteiger partial charge in [0.15, 0.2) is 0 Å². The van der Waals surface area contributed by atoms with Crippen molar-refractivity contribution in [2.24, 2.45) is 0 Å². The van der Waals surface area contributed by atoms with Gasteiger partial charge in [-0.3, -0.25) is 4.79 Å². The number of carbonyl (C=O) groups excluding carboxylic acids is 1. The molecule has 24 heavy (non-hydrogen) atoms. The molecule has 0 radical (unpaired) electrons. The molecule has 0 aromatic heterocycles. The summed E-state index contributed by atoms with van der Waals surface area (Å²) in [5.74, 6) is -0.415. The lowest BCUT2D eigenvalue weighted by atomic mass is 9.99. The Bertz CT molecular complexity index is 888. The standard InChI is InChI=1S/C19H21NO3S/c1-13-9-15(3)18(10-14(13)2)24(22,23)20-12-17(11-19(20)21)16-7-5-4-6-8-16/h4-10,17H,11-12H2,1-3H3. The molecule has 0 spiro atoms. The molecule has 1 amide bonds. The first-order valence-corrected chi connectivity index (χ1v) is 9.43. The van der Waals surface area contributed by atoms with Crippen molar-refractivity contribution in [2.45, 2.75) is 38.0 Å². The second-order valence-corrected chi connectivity index (χ2v) is 8.27. The number of hydrogen-bond acceptors (Lipinski definition) is 3. The van der Waals surface area contributed by atoms with Crippen LogP contribution in [-0.2, 0) is 14.8 Å². The Hall–Kier alpha value is -2.14. The second kappa shape index (κ2) is 6.06. The van der Waals surface area contributed by atoms with Gasteiger partial charge in [0.2, 0.25) is 5.91 Å². The smallest absolute Gasteiger partial charge is 0.266 e. The van der Waals surface area contributed by atoms with Gasteiger partial charge in [-0.05, 0) is 49.1 Å². The van der Waals surface area contributed by atoms with Gasteiger partial charge < -0.3 is 0 Å². The zero-order chi connectivity index (χ0) is 17.5. The summed E-state index contributed by atoms with van der Waals surface area (Å²) in [7, 11) is -3.81. The summed E-state index contributed by atoms with van der Waals surface area (Å²) in [6.07, 6.45) is 0.229. The van der Waals surface area contributed by atoms with Gasteiger partial charge in [-0.25, -0.2) is 12.7 Å². The van der Waals surface area contributed by atoms with Crippen LogP contribution >= 0.6 is 0 Å². The van der Waals surface area contributed by atoms with E-state index in [2.05, 4.69) is 0 Å². The van der Waals surface area contributed by atoms with Crippen molar-refractivity contribution in [1.29, 1.82) is 0 Å². The average molecular weight is 343 g/mol. The number of amides is 1. The largest absolute Gasteiger partial charge is 0.274 e. The summed E-state index contributed by atoms with van der Waals surface area (Å²) in [5.41, 5.74) is 3.63. The van der Waals surface area contributed by atoms with Crippen LogP contribution in [0.2, 0.25) is 0 Å². The number of nitrogens with zero attached hydrogens (tertiary/aromatic N) is 1. The molecule has 126 valence electrons. The topological polar surface area (TPSA) is 54.5 Å². The van der Waals surface area contributed by atoms with E-state index in [-0.39, 0.29) is 29.7 Å². The van der Waals surface area contributed by atoms with E-state index in [1.165, 1.54) is 0 Å². The van der Waals surface area contributed by atoms with Gasteiger partial charge in [-0.15, -0.1) is 0 Å². The Labute approximate surface area is 143 Å². The van der Waals surface area contributed by atoms with Crippen LogP contribution in [-0.4, -0.2) is 25.2 Å². The van der Waals surface area contributed by atoms with Gasteiger partial charge in [0.1, 0.15) is 0 Å². The average Bonchev–Trinajstić information content (AvgIpc) is 2.94. The Morgan fingerprint density at radius 2 is 1.58 bits per heavy atom. The fraction of sp³-hybridized carbons (Fsp3) is 0.316. The molecule has 1 aliphatic rings. The number of rotatable bonds is 3. The quantitative estimate of drug-likeness (QED) is 0.859. The molecule has 2 aromatic rings. The van der Waals surface area contributed by atoms with Crippen molar-refractivity contribution < 1.29 is 13.2 Å².